The predicted molar refractivity (Wildman–Crippen MR) is 76.6 cm³/mol. The highest BCUT2D eigenvalue weighted by Gasteiger charge is 2.46. The quantitative estimate of drug-likeness (QED) is 0.644. The average Bonchev–Trinajstić information content (AvgIpc) is 3.17. The van der Waals surface area contributed by atoms with Gasteiger partial charge in [0.25, 0.3) is 0 Å². The number of halogens is 2. The molecule has 1 aliphatic carbocycles. The van der Waals surface area contributed by atoms with E-state index in [0.29, 0.717) is 18.1 Å². The summed E-state index contributed by atoms with van der Waals surface area (Å²) in [6.45, 7) is 4.51. The topological polar surface area (TPSA) is 50.4 Å². The maximum absolute atomic E-state index is 13.8. The monoisotopic (exact) mass is 281 g/mol. The number of aliphatic imine (C=N–C) groups is 1. The van der Waals surface area contributed by atoms with E-state index in [-0.39, 0.29) is 11.5 Å². The summed E-state index contributed by atoms with van der Waals surface area (Å²) in [5, 5.41) is 3.08. The van der Waals surface area contributed by atoms with E-state index in [1.807, 2.05) is 6.92 Å². The van der Waals surface area contributed by atoms with Gasteiger partial charge in [0.05, 0.1) is 6.54 Å². The third kappa shape index (κ3) is 3.26. The summed E-state index contributed by atoms with van der Waals surface area (Å²) in [6, 6.07) is 4.00. The molecular weight excluding hydrogens is 260 g/mol. The highest BCUT2D eigenvalue weighted by Crippen LogP contribution is 2.49. The summed E-state index contributed by atoms with van der Waals surface area (Å²) >= 11 is 0. The lowest BCUT2D eigenvalue weighted by Crippen LogP contribution is -2.38. The molecule has 20 heavy (non-hydrogen) atoms. The average molecular weight is 281 g/mol. The highest BCUT2D eigenvalue weighted by molar-refractivity contribution is 5.78. The van der Waals surface area contributed by atoms with Crippen LogP contribution in [-0.2, 0) is 5.41 Å². The molecule has 0 spiro atoms. The maximum Gasteiger partial charge on any atom is 0.188 e. The van der Waals surface area contributed by atoms with Crippen molar-refractivity contribution in [3.63, 3.8) is 0 Å². The van der Waals surface area contributed by atoms with Gasteiger partial charge in [-0.2, -0.15) is 0 Å². The van der Waals surface area contributed by atoms with Crippen LogP contribution in [0.15, 0.2) is 23.2 Å². The second-order valence-electron chi connectivity index (χ2n) is 5.56. The van der Waals surface area contributed by atoms with E-state index >= 15 is 0 Å². The molecule has 0 amide bonds. The van der Waals surface area contributed by atoms with Crippen LogP contribution in [0.1, 0.15) is 38.7 Å². The summed E-state index contributed by atoms with van der Waals surface area (Å²) in [6.07, 6.45) is 2.67. The van der Waals surface area contributed by atoms with Gasteiger partial charge in [0.1, 0.15) is 11.6 Å². The zero-order valence-corrected chi connectivity index (χ0v) is 11.9. The zero-order chi connectivity index (χ0) is 14.8. The van der Waals surface area contributed by atoms with Crippen LogP contribution in [0.25, 0.3) is 0 Å². The number of nitrogens with zero attached hydrogens (tertiary/aromatic N) is 1. The SMILES string of the molecule is CCC(C)NC(N)=NCC1(c2ccc(F)cc2F)CC1. The Labute approximate surface area is 118 Å². The first-order valence-electron chi connectivity index (χ1n) is 6.99. The first-order valence-corrected chi connectivity index (χ1v) is 6.99. The molecule has 0 bridgehead atoms. The largest absolute Gasteiger partial charge is 0.370 e. The number of hydrogen-bond acceptors (Lipinski definition) is 1. The number of hydrogen-bond donors (Lipinski definition) is 2. The molecule has 1 unspecified atom stereocenters. The van der Waals surface area contributed by atoms with Crippen molar-refractivity contribution in [2.45, 2.75) is 44.6 Å². The molecule has 1 aromatic rings. The van der Waals surface area contributed by atoms with Crippen LogP contribution < -0.4 is 11.1 Å². The third-order valence-corrected chi connectivity index (χ3v) is 3.91. The predicted octanol–water partition coefficient (Wildman–Crippen LogP) is 2.70. The van der Waals surface area contributed by atoms with Gasteiger partial charge in [0, 0.05) is 17.5 Å². The fourth-order valence-corrected chi connectivity index (χ4v) is 2.22. The standard InChI is InChI=1S/C15H21F2N3/c1-3-10(2)20-14(18)19-9-15(6-7-15)12-5-4-11(16)8-13(12)17/h4-5,8,10H,3,6-7,9H2,1-2H3,(H3,18,19,20). The van der Waals surface area contributed by atoms with E-state index < -0.39 is 11.6 Å². The molecule has 1 atom stereocenters. The number of guanidine groups is 1. The Balaban J connectivity index is 2.07. The molecule has 0 radical (unpaired) electrons. The molecule has 0 aliphatic heterocycles. The van der Waals surface area contributed by atoms with E-state index in [4.69, 9.17) is 5.73 Å². The van der Waals surface area contributed by atoms with Gasteiger partial charge < -0.3 is 11.1 Å². The van der Waals surface area contributed by atoms with E-state index in [1.165, 1.54) is 12.1 Å². The second-order valence-corrected chi connectivity index (χ2v) is 5.56. The minimum atomic E-state index is -0.552. The zero-order valence-electron chi connectivity index (χ0n) is 11.9. The van der Waals surface area contributed by atoms with Crippen molar-refractivity contribution in [3.8, 4) is 0 Å². The number of nitrogens with two attached hydrogens (primary N) is 1. The molecule has 5 heteroatoms. The van der Waals surface area contributed by atoms with Gasteiger partial charge in [-0.1, -0.05) is 13.0 Å². The molecule has 0 saturated heterocycles. The van der Waals surface area contributed by atoms with Gasteiger partial charge in [0.15, 0.2) is 5.96 Å². The number of nitrogens with one attached hydrogen (secondary N) is 1. The van der Waals surface area contributed by atoms with Crippen LogP contribution >= 0.6 is 0 Å². The lowest BCUT2D eigenvalue weighted by Gasteiger charge is -2.16. The molecular formula is C15H21F2N3. The van der Waals surface area contributed by atoms with Crippen molar-refractivity contribution in [3.05, 3.63) is 35.4 Å². The molecule has 2 rings (SSSR count). The number of rotatable bonds is 5. The normalized spacial score (nSPS) is 18.7. The van der Waals surface area contributed by atoms with E-state index in [9.17, 15) is 8.78 Å². The minimum Gasteiger partial charge on any atom is -0.370 e. The summed E-state index contributed by atoms with van der Waals surface area (Å²) in [7, 11) is 0. The Hall–Kier alpha value is -1.65. The van der Waals surface area contributed by atoms with Gasteiger partial charge in [-0.3, -0.25) is 4.99 Å². The molecule has 1 aliphatic rings. The minimum absolute atomic E-state index is 0.261. The first kappa shape index (κ1) is 14.8. The molecule has 0 heterocycles. The van der Waals surface area contributed by atoms with Crippen LogP contribution in [-0.4, -0.2) is 18.5 Å². The van der Waals surface area contributed by atoms with Crippen LogP contribution in [0.4, 0.5) is 8.78 Å². The van der Waals surface area contributed by atoms with E-state index in [2.05, 4.69) is 17.2 Å². The Morgan fingerprint density at radius 1 is 1.45 bits per heavy atom. The first-order chi connectivity index (χ1) is 9.47. The van der Waals surface area contributed by atoms with Crippen molar-refractivity contribution < 1.29 is 8.78 Å². The van der Waals surface area contributed by atoms with Gasteiger partial charge in [0.2, 0.25) is 0 Å². The second kappa shape index (κ2) is 5.77. The summed E-state index contributed by atoms with van der Waals surface area (Å²) in [5.74, 6) is -0.664. The van der Waals surface area contributed by atoms with Gasteiger partial charge in [-0.25, -0.2) is 8.78 Å². The third-order valence-electron chi connectivity index (χ3n) is 3.91. The molecule has 0 aromatic heterocycles. The smallest absolute Gasteiger partial charge is 0.188 e. The lowest BCUT2D eigenvalue weighted by molar-refractivity contribution is 0.548. The molecule has 1 aromatic carbocycles. The van der Waals surface area contributed by atoms with Crippen molar-refractivity contribution in [1.82, 2.24) is 5.32 Å². The number of benzene rings is 1. The Bertz CT molecular complexity index is 510. The van der Waals surface area contributed by atoms with Gasteiger partial charge in [-0.15, -0.1) is 0 Å². The highest BCUT2D eigenvalue weighted by atomic mass is 19.1. The Morgan fingerprint density at radius 2 is 2.15 bits per heavy atom. The van der Waals surface area contributed by atoms with E-state index in [1.54, 1.807) is 0 Å². The van der Waals surface area contributed by atoms with Crippen LogP contribution in [0.5, 0.6) is 0 Å². The molecule has 3 N–H and O–H groups in total. The van der Waals surface area contributed by atoms with Crippen molar-refractivity contribution in [2.75, 3.05) is 6.54 Å². The van der Waals surface area contributed by atoms with Crippen molar-refractivity contribution >= 4 is 5.96 Å². The van der Waals surface area contributed by atoms with Gasteiger partial charge >= 0.3 is 0 Å². The molecule has 1 fully saturated rings. The van der Waals surface area contributed by atoms with Crippen LogP contribution in [0.2, 0.25) is 0 Å². The van der Waals surface area contributed by atoms with Gasteiger partial charge in [-0.05, 0) is 37.8 Å². The molecule has 110 valence electrons. The Kier molecular flexibility index (Phi) is 4.26. The van der Waals surface area contributed by atoms with Crippen LogP contribution in [0.3, 0.4) is 0 Å². The summed E-state index contributed by atoms with van der Waals surface area (Å²) in [4.78, 5) is 4.31. The summed E-state index contributed by atoms with van der Waals surface area (Å²) < 4.78 is 26.8. The van der Waals surface area contributed by atoms with Crippen molar-refractivity contribution in [1.29, 1.82) is 0 Å². The molecule has 3 nitrogen and oxygen atoms in total. The van der Waals surface area contributed by atoms with E-state index in [0.717, 1.165) is 25.3 Å². The van der Waals surface area contributed by atoms with Crippen LogP contribution in [0, 0.1) is 11.6 Å². The fourth-order valence-electron chi connectivity index (χ4n) is 2.22. The van der Waals surface area contributed by atoms with Crippen molar-refractivity contribution in [2.24, 2.45) is 10.7 Å². The summed E-state index contributed by atoms with van der Waals surface area (Å²) in [5.41, 5.74) is 6.05. The fraction of sp³-hybridized carbons (Fsp3) is 0.533. The lowest BCUT2D eigenvalue weighted by atomic mass is 9.95. The maximum atomic E-state index is 13.8. The molecule has 1 saturated carbocycles. The Morgan fingerprint density at radius 3 is 2.70 bits per heavy atom.